The lowest BCUT2D eigenvalue weighted by Gasteiger charge is -2.29. The summed E-state index contributed by atoms with van der Waals surface area (Å²) in [6, 6.07) is 1.21. The van der Waals surface area contributed by atoms with E-state index < -0.39 is 0 Å². The lowest BCUT2D eigenvalue weighted by Crippen LogP contribution is -2.45. The summed E-state index contributed by atoms with van der Waals surface area (Å²) in [7, 11) is 0. The number of hydrogen-bond acceptors (Lipinski definition) is 6. The van der Waals surface area contributed by atoms with Crippen LogP contribution in [0.5, 0.6) is 0 Å². The third-order valence-corrected chi connectivity index (χ3v) is 6.27. The minimum atomic E-state index is -0.305. The first-order valence-electron chi connectivity index (χ1n) is 12.0. The summed E-state index contributed by atoms with van der Waals surface area (Å²) in [6.45, 7) is 12.0. The number of rotatable bonds is 6. The summed E-state index contributed by atoms with van der Waals surface area (Å²) in [5.41, 5.74) is -0.609. The van der Waals surface area contributed by atoms with E-state index in [0.717, 1.165) is 6.42 Å². The molecular weight excluding hydrogens is 426 g/mol. The molecule has 10 nitrogen and oxygen atoms in total. The summed E-state index contributed by atoms with van der Waals surface area (Å²) in [4.78, 5) is 56.5. The van der Waals surface area contributed by atoms with E-state index in [1.54, 1.807) is 20.4 Å². The van der Waals surface area contributed by atoms with Crippen LogP contribution in [0.2, 0.25) is 0 Å². The second-order valence-electron chi connectivity index (χ2n) is 9.27. The summed E-state index contributed by atoms with van der Waals surface area (Å²) >= 11 is 0. The van der Waals surface area contributed by atoms with Gasteiger partial charge in [0.15, 0.2) is 0 Å². The van der Waals surface area contributed by atoms with Gasteiger partial charge in [-0.05, 0) is 34.1 Å². The highest BCUT2D eigenvalue weighted by molar-refractivity contribution is 5.84. The Morgan fingerprint density at radius 2 is 1.39 bits per heavy atom. The van der Waals surface area contributed by atoms with E-state index in [2.05, 4.69) is 0 Å². The summed E-state index contributed by atoms with van der Waals surface area (Å²) in [5.74, 6) is 0.568. The third-order valence-electron chi connectivity index (χ3n) is 6.27. The Kier molecular flexibility index (Phi) is 8.34. The van der Waals surface area contributed by atoms with Crippen LogP contribution in [0.3, 0.4) is 0 Å². The van der Waals surface area contributed by atoms with Crippen molar-refractivity contribution in [3.8, 4) is 0 Å². The second-order valence-corrected chi connectivity index (χ2v) is 9.27. The number of nitrogens with zero attached hydrogens (tertiary/aromatic N) is 5. The topological polar surface area (TPSA) is 97.1 Å². The Morgan fingerprint density at radius 3 is 1.97 bits per heavy atom. The van der Waals surface area contributed by atoms with Crippen molar-refractivity contribution in [2.45, 2.75) is 59.0 Å². The summed E-state index contributed by atoms with van der Waals surface area (Å²) in [5, 5.41) is 0. The maximum absolute atomic E-state index is 13.1. The van der Waals surface area contributed by atoms with Crippen molar-refractivity contribution in [2.75, 3.05) is 57.4 Å². The number of carbonyl (C=O) groups is 2. The van der Waals surface area contributed by atoms with Crippen LogP contribution in [0.15, 0.2) is 15.7 Å². The zero-order valence-corrected chi connectivity index (χ0v) is 20.3. The number of morpholine rings is 1. The van der Waals surface area contributed by atoms with E-state index in [4.69, 9.17) is 4.74 Å². The first-order chi connectivity index (χ1) is 15.7. The van der Waals surface area contributed by atoms with E-state index in [1.807, 2.05) is 32.6 Å². The van der Waals surface area contributed by atoms with Crippen molar-refractivity contribution in [1.82, 2.24) is 18.9 Å². The molecule has 0 atom stereocenters. The maximum Gasteiger partial charge on any atom is 0.333 e. The Hall–Kier alpha value is -2.62. The van der Waals surface area contributed by atoms with Gasteiger partial charge in [-0.2, -0.15) is 0 Å². The number of ether oxygens (including phenoxy) is 1. The number of anilines is 1. The monoisotopic (exact) mass is 463 g/mol. The van der Waals surface area contributed by atoms with Gasteiger partial charge in [0.25, 0.3) is 5.56 Å². The van der Waals surface area contributed by atoms with Crippen molar-refractivity contribution in [3.05, 3.63) is 26.9 Å². The van der Waals surface area contributed by atoms with Crippen molar-refractivity contribution in [1.29, 1.82) is 0 Å². The van der Waals surface area contributed by atoms with Crippen LogP contribution >= 0.6 is 0 Å². The van der Waals surface area contributed by atoms with Crippen LogP contribution in [0.4, 0.5) is 5.82 Å². The van der Waals surface area contributed by atoms with Crippen molar-refractivity contribution in [3.63, 3.8) is 0 Å². The molecule has 0 unspecified atom stereocenters. The Balaban J connectivity index is 1.67. The summed E-state index contributed by atoms with van der Waals surface area (Å²) in [6.07, 6.45) is 1.12. The molecule has 3 heterocycles. The zero-order chi connectivity index (χ0) is 24.1. The van der Waals surface area contributed by atoms with Crippen molar-refractivity contribution < 1.29 is 14.3 Å². The molecule has 10 heteroatoms. The van der Waals surface area contributed by atoms with Crippen LogP contribution in [0, 0.1) is 0 Å². The average molecular weight is 464 g/mol. The molecule has 0 aliphatic carbocycles. The predicted molar refractivity (Wildman–Crippen MR) is 126 cm³/mol. The molecule has 2 saturated heterocycles. The molecule has 0 N–H and O–H groups in total. The Morgan fingerprint density at radius 1 is 0.818 bits per heavy atom. The lowest BCUT2D eigenvalue weighted by molar-refractivity contribution is -0.139. The molecule has 0 aromatic carbocycles. The number of aromatic nitrogens is 2. The fourth-order valence-corrected chi connectivity index (χ4v) is 4.50. The largest absolute Gasteiger partial charge is 0.378 e. The van der Waals surface area contributed by atoms with Gasteiger partial charge in [-0.1, -0.05) is 0 Å². The molecule has 1 aromatic heterocycles. The normalized spacial score (nSPS) is 17.6. The fraction of sp³-hybridized carbons (Fsp3) is 0.739. The van der Waals surface area contributed by atoms with E-state index >= 15 is 0 Å². The Bertz CT molecular complexity index is 961. The quantitative estimate of drug-likeness (QED) is 0.621. The molecule has 1 aromatic rings. The molecule has 3 rings (SSSR count). The first-order valence-corrected chi connectivity index (χ1v) is 12.0. The van der Waals surface area contributed by atoms with Gasteiger partial charge in [-0.25, -0.2) is 4.79 Å². The number of carbonyl (C=O) groups excluding carboxylic acids is 2. The molecule has 0 saturated carbocycles. The van der Waals surface area contributed by atoms with Gasteiger partial charge in [-0.3, -0.25) is 23.5 Å². The molecule has 0 spiro atoms. The number of amides is 2. The van der Waals surface area contributed by atoms with Crippen LogP contribution in [-0.2, 0) is 14.3 Å². The van der Waals surface area contributed by atoms with Crippen molar-refractivity contribution in [2.24, 2.45) is 0 Å². The second kappa shape index (κ2) is 11.0. The molecule has 2 fully saturated rings. The van der Waals surface area contributed by atoms with Crippen LogP contribution in [-0.4, -0.2) is 83.2 Å². The Labute approximate surface area is 194 Å². The average Bonchev–Trinajstić information content (AvgIpc) is 3.03. The van der Waals surface area contributed by atoms with Gasteiger partial charge in [0.1, 0.15) is 5.82 Å². The fourth-order valence-electron chi connectivity index (χ4n) is 4.50. The van der Waals surface area contributed by atoms with Gasteiger partial charge in [0, 0.05) is 70.3 Å². The lowest BCUT2D eigenvalue weighted by atomic mass is 10.2. The van der Waals surface area contributed by atoms with Gasteiger partial charge < -0.3 is 19.4 Å². The van der Waals surface area contributed by atoms with E-state index in [0.29, 0.717) is 58.3 Å². The minimum absolute atomic E-state index is 0.00485. The van der Waals surface area contributed by atoms with E-state index in [-0.39, 0.29) is 48.0 Å². The first kappa shape index (κ1) is 25.0. The van der Waals surface area contributed by atoms with Gasteiger partial charge in [0.05, 0.1) is 13.2 Å². The smallest absolute Gasteiger partial charge is 0.333 e. The van der Waals surface area contributed by atoms with Crippen LogP contribution in [0.1, 0.15) is 59.0 Å². The van der Waals surface area contributed by atoms with Gasteiger partial charge in [-0.15, -0.1) is 0 Å². The highest BCUT2D eigenvalue weighted by Crippen LogP contribution is 2.19. The molecule has 2 amide bonds. The van der Waals surface area contributed by atoms with Crippen molar-refractivity contribution >= 4 is 17.6 Å². The SMILES string of the molecule is CC(C)n1c(N2CCCN(C(=O)CCC(=O)N3CCOCC3)CC2)cc(=O)n(C(C)C)c1=O. The summed E-state index contributed by atoms with van der Waals surface area (Å²) < 4.78 is 8.22. The van der Waals surface area contributed by atoms with Crippen LogP contribution in [0.25, 0.3) is 0 Å². The molecule has 0 radical (unpaired) electrons. The van der Waals surface area contributed by atoms with Gasteiger partial charge >= 0.3 is 5.69 Å². The molecule has 2 aliphatic heterocycles. The highest BCUT2D eigenvalue weighted by atomic mass is 16.5. The van der Waals surface area contributed by atoms with Crippen LogP contribution < -0.4 is 16.1 Å². The standard InChI is InChI=1S/C23H37N5O5/c1-17(2)27-19(16-22(31)28(18(3)4)23(27)32)24-8-5-9-25(11-10-24)20(29)6-7-21(30)26-12-14-33-15-13-26/h16-18H,5-15H2,1-4H3. The molecule has 33 heavy (non-hydrogen) atoms. The zero-order valence-electron chi connectivity index (χ0n) is 20.3. The molecule has 0 bridgehead atoms. The molecule has 184 valence electrons. The third kappa shape index (κ3) is 5.85. The maximum atomic E-state index is 13.1. The highest BCUT2D eigenvalue weighted by Gasteiger charge is 2.25. The minimum Gasteiger partial charge on any atom is -0.378 e. The van der Waals surface area contributed by atoms with E-state index in [1.165, 1.54) is 4.57 Å². The molecule has 2 aliphatic rings. The van der Waals surface area contributed by atoms with Gasteiger partial charge in [0.2, 0.25) is 11.8 Å². The predicted octanol–water partition coefficient (Wildman–Crippen LogP) is 0.850. The molecular formula is C23H37N5O5. The number of hydrogen-bond donors (Lipinski definition) is 0. The van der Waals surface area contributed by atoms with E-state index in [9.17, 15) is 19.2 Å².